The summed E-state index contributed by atoms with van der Waals surface area (Å²) in [5, 5.41) is 10.5. The number of pyridine rings is 1. The lowest BCUT2D eigenvalue weighted by Crippen LogP contribution is -2.07. The van der Waals surface area contributed by atoms with Gasteiger partial charge >= 0.3 is 11.9 Å². The smallest absolute Gasteiger partial charge is 0.336 e. The first kappa shape index (κ1) is 14.3. The molecule has 6 nitrogen and oxygen atoms in total. The Bertz CT molecular complexity index is 751. The van der Waals surface area contributed by atoms with E-state index in [9.17, 15) is 14.7 Å². The number of hydrogen-bond acceptors (Lipinski definition) is 6. The second kappa shape index (κ2) is 5.87. The van der Waals surface area contributed by atoms with Crippen molar-refractivity contribution >= 4 is 22.7 Å². The number of phenolic OH excluding ortho intramolecular Hbond substituents is 1. The largest absolute Gasteiger partial charge is 0.507 e. The molecule has 0 aliphatic rings. The van der Waals surface area contributed by atoms with Gasteiger partial charge < -0.3 is 14.6 Å². The molecule has 0 radical (unpaired) electrons. The molecule has 0 fully saturated rings. The SMILES string of the molecule is C=CC(=O)Oc1ncc(OC(=O)C=C)c2c(O)cccc12. The van der Waals surface area contributed by atoms with Gasteiger partial charge in [0.05, 0.1) is 17.0 Å². The van der Waals surface area contributed by atoms with Gasteiger partial charge in [0.25, 0.3) is 0 Å². The molecule has 1 aromatic heterocycles. The summed E-state index contributed by atoms with van der Waals surface area (Å²) in [6.45, 7) is 6.58. The number of carbonyl (C=O) groups excluding carboxylic acids is 2. The summed E-state index contributed by atoms with van der Waals surface area (Å²) in [5.74, 6) is -1.52. The van der Waals surface area contributed by atoms with Crippen molar-refractivity contribution < 1.29 is 24.2 Å². The summed E-state index contributed by atoms with van der Waals surface area (Å²) in [6.07, 6.45) is 3.15. The fourth-order valence-electron chi connectivity index (χ4n) is 1.67. The Morgan fingerprint density at radius 2 is 1.81 bits per heavy atom. The summed E-state index contributed by atoms with van der Waals surface area (Å²) in [7, 11) is 0. The molecule has 0 saturated carbocycles. The number of carbonyl (C=O) groups is 2. The van der Waals surface area contributed by atoms with Gasteiger partial charge in [-0.15, -0.1) is 0 Å². The Morgan fingerprint density at radius 1 is 1.14 bits per heavy atom. The number of esters is 2. The van der Waals surface area contributed by atoms with Crippen LogP contribution in [0.25, 0.3) is 10.8 Å². The Morgan fingerprint density at radius 3 is 2.48 bits per heavy atom. The molecule has 2 rings (SSSR count). The molecule has 0 aliphatic heterocycles. The van der Waals surface area contributed by atoms with Crippen LogP contribution in [0.1, 0.15) is 0 Å². The first-order chi connectivity index (χ1) is 10.1. The third kappa shape index (κ3) is 2.89. The quantitative estimate of drug-likeness (QED) is 0.684. The van der Waals surface area contributed by atoms with E-state index in [-0.39, 0.29) is 22.8 Å². The van der Waals surface area contributed by atoms with Crippen molar-refractivity contribution in [2.24, 2.45) is 0 Å². The first-order valence-corrected chi connectivity index (χ1v) is 5.86. The highest BCUT2D eigenvalue weighted by Crippen LogP contribution is 2.37. The number of aromatic hydroxyl groups is 1. The fraction of sp³-hybridized carbons (Fsp3) is 0. The molecule has 0 unspecified atom stereocenters. The molecule has 0 bridgehead atoms. The van der Waals surface area contributed by atoms with Gasteiger partial charge in [-0.3, -0.25) is 0 Å². The van der Waals surface area contributed by atoms with E-state index >= 15 is 0 Å². The zero-order valence-corrected chi connectivity index (χ0v) is 10.9. The van der Waals surface area contributed by atoms with Gasteiger partial charge in [0, 0.05) is 12.2 Å². The molecule has 6 heteroatoms. The Kier molecular flexibility index (Phi) is 3.99. The maximum atomic E-state index is 11.3. The topological polar surface area (TPSA) is 85.7 Å². The van der Waals surface area contributed by atoms with Crippen LogP contribution in [-0.4, -0.2) is 22.0 Å². The highest BCUT2D eigenvalue weighted by atomic mass is 16.5. The van der Waals surface area contributed by atoms with Crippen molar-refractivity contribution in [3.05, 3.63) is 49.7 Å². The van der Waals surface area contributed by atoms with Crippen LogP contribution in [0.15, 0.2) is 49.7 Å². The summed E-state index contributed by atoms with van der Waals surface area (Å²) < 4.78 is 9.98. The maximum absolute atomic E-state index is 11.3. The van der Waals surface area contributed by atoms with E-state index < -0.39 is 11.9 Å². The Hall–Kier alpha value is -3.15. The number of phenols is 1. The second-order valence-electron chi connectivity index (χ2n) is 3.88. The van der Waals surface area contributed by atoms with Crippen LogP contribution in [0.4, 0.5) is 0 Å². The molecule has 0 amide bonds. The highest BCUT2D eigenvalue weighted by Gasteiger charge is 2.16. The van der Waals surface area contributed by atoms with Crippen molar-refractivity contribution in [2.75, 3.05) is 0 Å². The van der Waals surface area contributed by atoms with E-state index in [2.05, 4.69) is 18.1 Å². The van der Waals surface area contributed by atoms with E-state index in [1.54, 1.807) is 12.1 Å². The summed E-state index contributed by atoms with van der Waals surface area (Å²) in [6, 6.07) is 4.52. The molecule has 0 spiro atoms. The predicted octanol–water partition coefficient (Wildman–Crippen LogP) is 2.12. The van der Waals surface area contributed by atoms with E-state index in [1.165, 1.54) is 12.3 Å². The molecule has 2 aromatic rings. The molecule has 21 heavy (non-hydrogen) atoms. The van der Waals surface area contributed by atoms with Crippen molar-refractivity contribution in [3.8, 4) is 17.4 Å². The Labute approximate surface area is 119 Å². The molecule has 0 aliphatic carbocycles. The van der Waals surface area contributed by atoms with Crippen molar-refractivity contribution in [2.45, 2.75) is 0 Å². The number of rotatable bonds is 4. The summed E-state index contributed by atoms with van der Waals surface area (Å²) >= 11 is 0. The molecule has 1 N–H and O–H groups in total. The highest BCUT2D eigenvalue weighted by molar-refractivity contribution is 5.99. The van der Waals surface area contributed by atoms with Gasteiger partial charge in [-0.05, 0) is 12.1 Å². The van der Waals surface area contributed by atoms with Crippen LogP contribution >= 0.6 is 0 Å². The van der Waals surface area contributed by atoms with Gasteiger partial charge in [-0.25, -0.2) is 14.6 Å². The Balaban J connectivity index is 2.61. The molecular formula is C15H11NO5. The van der Waals surface area contributed by atoms with E-state index in [0.29, 0.717) is 5.39 Å². The lowest BCUT2D eigenvalue weighted by molar-refractivity contribution is -0.130. The molecule has 0 saturated heterocycles. The molecule has 106 valence electrons. The molecule has 1 aromatic carbocycles. The van der Waals surface area contributed by atoms with E-state index in [4.69, 9.17) is 9.47 Å². The van der Waals surface area contributed by atoms with Crippen LogP contribution in [0, 0.1) is 0 Å². The van der Waals surface area contributed by atoms with Gasteiger partial charge in [-0.1, -0.05) is 19.2 Å². The van der Waals surface area contributed by atoms with Crippen LogP contribution in [0.3, 0.4) is 0 Å². The number of benzene rings is 1. The third-order valence-electron chi connectivity index (χ3n) is 2.56. The van der Waals surface area contributed by atoms with Gasteiger partial charge in [-0.2, -0.15) is 0 Å². The van der Waals surface area contributed by atoms with Crippen molar-refractivity contribution in [1.82, 2.24) is 4.98 Å². The zero-order chi connectivity index (χ0) is 15.4. The van der Waals surface area contributed by atoms with Crippen LogP contribution < -0.4 is 9.47 Å². The van der Waals surface area contributed by atoms with Gasteiger partial charge in [0.1, 0.15) is 5.75 Å². The summed E-state index contributed by atoms with van der Waals surface area (Å²) in [4.78, 5) is 26.5. The number of hydrogen-bond donors (Lipinski definition) is 1. The number of ether oxygens (including phenoxy) is 2. The minimum absolute atomic E-state index is 0.0239. The maximum Gasteiger partial charge on any atom is 0.336 e. The second-order valence-corrected chi connectivity index (χ2v) is 3.88. The average molecular weight is 285 g/mol. The molecule has 0 atom stereocenters. The van der Waals surface area contributed by atoms with Crippen molar-refractivity contribution in [3.63, 3.8) is 0 Å². The first-order valence-electron chi connectivity index (χ1n) is 5.86. The predicted molar refractivity (Wildman–Crippen MR) is 75.1 cm³/mol. The van der Waals surface area contributed by atoms with Crippen molar-refractivity contribution in [1.29, 1.82) is 0 Å². The normalized spacial score (nSPS) is 9.90. The molecular weight excluding hydrogens is 274 g/mol. The molecule has 1 heterocycles. The van der Waals surface area contributed by atoms with Crippen LogP contribution in [0.2, 0.25) is 0 Å². The van der Waals surface area contributed by atoms with Gasteiger partial charge in [0.15, 0.2) is 5.75 Å². The van der Waals surface area contributed by atoms with Crippen LogP contribution in [-0.2, 0) is 9.59 Å². The van der Waals surface area contributed by atoms with E-state index in [0.717, 1.165) is 12.2 Å². The lowest BCUT2D eigenvalue weighted by Gasteiger charge is -2.10. The standard InChI is InChI=1S/C15H11NO5/c1-3-12(18)20-11-8-16-15(21-13(19)4-2)9-6-5-7-10(17)14(9)11/h3-8,17H,1-2H2. The minimum atomic E-state index is -0.697. The summed E-state index contributed by atoms with van der Waals surface area (Å²) in [5.41, 5.74) is 0. The number of aromatic nitrogens is 1. The minimum Gasteiger partial charge on any atom is -0.507 e. The third-order valence-corrected chi connectivity index (χ3v) is 2.56. The van der Waals surface area contributed by atoms with Gasteiger partial charge in [0.2, 0.25) is 5.88 Å². The number of nitrogens with zero attached hydrogens (tertiary/aromatic N) is 1. The van der Waals surface area contributed by atoms with E-state index in [1.807, 2.05) is 0 Å². The number of fused-ring (bicyclic) bond motifs is 1. The zero-order valence-electron chi connectivity index (χ0n) is 10.9. The monoisotopic (exact) mass is 285 g/mol. The fourth-order valence-corrected chi connectivity index (χ4v) is 1.67. The lowest BCUT2D eigenvalue weighted by atomic mass is 10.1. The average Bonchev–Trinajstić information content (AvgIpc) is 2.49. The van der Waals surface area contributed by atoms with Crippen LogP contribution in [0.5, 0.6) is 17.4 Å².